The molecule has 120 valence electrons. The molecule has 2 aromatic heterocycles. The molecule has 2 aromatic rings. The molecule has 0 aliphatic carbocycles. The lowest BCUT2D eigenvalue weighted by atomic mass is 10.2. The molecule has 1 saturated heterocycles. The van der Waals surface area contributed by atoms with Crippen molar-refractivity contribution in [1.29, 1.82) is 0 Å². The van der Waals surface area contributed by atoms with Gasteiger partial charge in [0.15, 0.2) is 11.6 Å². The second-order valence-electron chi connectivity index (χ2n) is 5.31. The minimum absolute atomic E-state index is 0.0948. The van der Waals surface area contributed by atoms with Gasteiger partial charge in [-0.2, -0.15) is 0 Å². The molecular formula is C16H18FN5O. The zero-order valence-corrected chi connectivity index (χ0v) is 12.9. The number of amides is 1. The number of hydrogen-bond acceptors (Lipinski definition) is 5. The monoisotopic (exact) mass is 315 g/mol. The van der Waals surface area contributed by atoms with Gasteiger partial charge in [-0.05, 0) is 18.6 Å². The van der Waals surface area contributed by atoms with E-state index in [1.54, 1.807) is 29.3 Å². The van der Waals surface area contributed by atoms with Crippen molar-refractivity contribution in [3.8, 4) is 0 Å². The van der Waals surface area contributed by atoms with Gasteiger partial charge >= 0.3 is 0 Å². The van der Waals surface area contributed by atoms with Gasteiger partial charge in [0.05, 0.1) is 5.69 Å². The van der Waals surface area contributed by atoms with E-state index in [0.29, 0.717) is 49.8 Å². The molecular weight excluding hydrogens is 297 g/mol. The molecule has 0 spiro atoms. The Balaban J connectivity index is 1.68. The van der Waals surface area contributed by atoms with E-state index in [1.807, 2.05) is 11.8 Å². The Morgan fingerprint density at radius 3 is 2.61 bits per heavy atom. The largest absolute Gasteiger partial charge is 0.351 e. The van der Waals surface area contributed by atoms with E-state index in [0.717, 1.165) is 0 Å². The quantitative estimate of drug-likeness (QED) is 0.860. The lowest BCUT2D eigenvalue weighted by molar-refractivity contribution is 0.0740. The third-order valence-electron chi connectivity index (χ3n) is 3.93. The number of piperazine rings is 1. The fourth-order valence-electron chi connectivity index (χ4n) is 2.64. The number of anilines is 1. The number of nitrogens with zero attached hydrogens (tertiary/aromatic N) is 5. The summed E-state index contributed by atoms with van der Waals surface area (Å²) in [5.74, 6) is -0.135. The average molecular weight is 315 g/mol. The Kier molecular flexibility index (Phi) is 4.45. The van der Waals surface area contributed by atoms with Gasteiger partial charge in [-0.1, -0.05) is 13.0 Å². The predicted molar refractivity (Wildman–Crippen MR) is 83.7 cm³/mol. The molecule has 0 unspecified atom stereocenters. The number of carbonyl (C=O) groups excluding carboxylic acids is 1. The molecule has 7 heteroatoms. The second-order valence-corrected chi connectivity index (χ2v) is 5.31. The molecule has 1 aliphatic rings. The molecule has 1 fully saturated rings. The van der Waals surface area contributed by atoms with Crippen LogP contribution in [0.2, 0.25) is 0 Å². The van der Waals surface area contributed by atoms with E-state index in [2.05, 4.69) is 15.0 Å². The van der Waals surface area contributed by atoms with E-state index >= 15 is 0 Å². The van der Waals surface area contributed by atoms with Crippen LogP contribution in [0.25, 0.3) is 0 Å². The minimum atomic E-state index is -0.362. The smallest absolute Gasteiger partial charge is 0.272 e. The van der Waals surface area contributed by atoms with Crippen molar-refractivity contribution < 1.29 is 9.18 Å². The Morgan fingerprint density at radius 2 is 1.96 bits per heavy atom. The number of aryl methyl sites for hydroxylation is 1. The summed E-state index contributed by atoms with van der Waals surface area (Å²) in [5.41, 5.74) is 0.851. The molecule has 0 atom stereocenters. The van der Waals surface area contributed by atoms with Crippen LogP contribution in [0.4, 0.5) is 10.2 Å². The van der Waals surface area contributed by atoms with E-state index < -0.39 is 0 Å². The van der Waals surface area contributed by atoms with Crippen molar-refractivity contribution in [2.45, 2.75) is 13.3 Å². The van der Waals surface area contributed by atoms with E-state index in [-0.39, 0.29) is 11.7 Å². The first-order valence-corrected chi connectivity index (χ1v) is 7.65. The normalized spacial score (nSPS) is 14.9. The van der Waals surface area contributed by atoms with Crippen LogP contribution in [0, 0.1) is 5.82 Å². The van der Waals surface area contributed by atoms with E-state index in [4.69, 9.17) is 0 Å². The molecule has 0 N–H and O–H groups in total. The first-order valence-electron chi connectivity index (χ1n) is 7.65. The average Bonchev–Trinajstić information content (AvgIpc) is 2.62. The Morgan fingerprint density at radius 1 is 1.17 bits per heavy atom. The van der Waals surface area contributed by atoms with Gasteiger partial charge in [0.25, 0.3) is 5.91 Å². The van der Waals surface area contributed by atoms with Gasteiger partial charge in [0.2, 0.25) is 0 Å². The summed E-state index contributed by atoms with van der Waals surface area (Å²) < 4.78 is 14.3. The summed E-state index contributed by atoms with van der Waals surface area (Å²) in [4.78, 5) is 28.0. The van der Waals surface area contributed by atoms with Crippen molar-refractivity contribution in [3.05, 3.63) is 47.9 Å². The van der Waals surface area contributed by atoms with Crippen molar-refractivity contribution in [1.82, 2.24) is 19.9 Å². The maximum absolute atomic E-state index is 14.3. The molecule has 0 radical (unpaired) electrons. The molecule has 0 saturated carbocycles. The Hall–Kier alpha value is -2.57. The van der Waals surface area contributed by atoms with Crippen LogP contribution in [0.15, 0.2) is 30.7 Å². The summed E-state index contributed by atoms with van der Waals surface area (Å²) in [6.45, 7) is 3.96. The first-order chi connectivity index (χ1) is 11.2. The topological polar surface area (TPSA) is 62.2 Å². The molecule has 3 rings (SSSR count). The highest BCUT2D eigenvalue weighted by Crippen LogP contribution is 2.20. The third-order valence-corrected chi connectivity index (χ3v) is 3.93. The van der Waals surface area contributed by atoms with Crippen molar-refractivity contribution in [2.75, 3.05) is 31.1 Å². The number of halogens is 1. The minimum Gasteiger partial charge on any atom is -0.351 e. The number of hydrogen-bond donors (Lipinski definition) is 0. The van der Waals surface area contributed by atoms with Gasteiger partial charge in [0, 0.05) is 32.4 Å². The lowest BCUT2D eigenvalue weighted by Gasteiger charge is -2.35. The molecule has 0 bridgehead atoms. The number of pyridine rings is 1. The van der Waals surface area contributed by atoms with Crippen LogP contribution in [0.5, 0.6) is 0 Å². The van der Waals surface area contributed by atoms with Gasteiger partial charge in [-0.25, -0.2) is 14.4 Å². The summed E-state index contributed by atoms with van der Waals surface area (Å²) in [6.07, 6.45) is 3.52. The van der Waals surface area contributed by atoms with Crippen LogP contribution in [0.3, 0.4) is 0 Å². The summed E-state index contributed by atoms with van der Waals surface area (Å²) in [7, 11) is 0. The zero-order chi connectivity index (χ0) is 16.2. The third kappa shape index (κ3) is 3.13. The van der Waals surface area contributed by atoms with Gasteiger partial charge < -0.3 is 9.80 Å². The second kappa shape index (κ2) is 6.68. The van der Waals surface area contributed by atoms with Crippen LogP contribution < -0.4 is 4.90 Å². The summed E-state index contributed by atoms with van der Waals surface area (Å²) in [6, 6.07) is 5.27. The highest BCUT2D eigenvalue weighted by molar-refractivity contribution is 5.92. The van der Waals surface area contributed by atoms with Crippen LogP contribution >= 0.6 is 0 Å². The van der Waals surface area contributed by atoms with E-state index in [1.165, 1.54) is 6.33 Å². The lowest BCUT2D eigenvalue weighted by Crippen LogP contribution is -2.49. The van der Waals surface area contributed by atoms with Crippen LogP contribution in [0.1, 0.15) is 23.1 Å². The highest BCUT2D eigenvalue weighted by Gasteiger charge is 2.25. The maximum atomic E-state index is 14.3. The highest BCUT2D eigenvalue weighted by atomic mass is 19.1. The standard InChI is InChI=1S/C16H18FN5O/c1-2-12-14(17)15(20-11-19-12)21-7-9-22(10-8-21)16(23)13-5-3-4-6-18-13/h3-6,11H,2,7-10H2,1H3. The van der Waals surface area contributed by atoms with Gasteiger partial charge in [0.1, 0.15) is 12.0 Å². The Bertz CT molecular complexity index is 686. The number of aromatic nitrogens is 3. The Labute approximate surface area is 134 Å². The molecule has 0 aromatic carbocycles. The number of carbonyl (C=O) groups is 1. The van der Waals surface area contributed by atoms with Gasteiger partial charge in [-0.15, -0.1) is 0 Å². The molecule has 3 heterocycles. The van der Waals surface area contributed by atoms with Crippen molar-refractivity contribution in [3.63, 3.8) is 0 Å². The van der Waals surface area contributed by atoms with Crippen LogP contribution in [-0.4, -0.2) is 51.9 Å². The maximum Gasteiger partial charge on any atom is 0.272 e. The van der Waals surface area contributed by atoms with Crippen molar-refractivity contribution in [2.24, 2.45) is 0 Å². The first kappa shape index (κ1) is 15.3. The van der Waals surface area contributed by atoms with E-state index in [9.17, 15) is 9.18 Å². The fourth-order valence-corrected chi connectivity index (χ4v) is 2.64. The zero-order valence-electron chi connectivity index (χ0n) is 12.9. The van der Waals surface area contributed by atoms with Crippen LogP contribution in [-0.2, 0) is 6.42 Å². The number of rotatable bonds is 3. The fraction of sp³-hybridized carbons (Fsp3) is 0.375. The predicted octanol–water partition coefficient (Wildman–Crippen LogP) is 1.54. The molecule has 23 heavy (non-hydrogen) atoms. The molecule has 1 amide bonds. The van der Waals surface area contributed by atoms with Crippen molar-refractivity contribution >= 4 is 11.7 Å². The summed E-state index contributed by atoms with van der Waals surface area (Å²) >= 11 is 0. The molecule has 6 nitrogen and oxygen atoms in total. The van der Waals surface area contributed by atoms with Gasteiger partial charge in [-0.3, -0.25) is 9.78 Å². The SMILES string of the molecule is CCc1ncnc(N2CCN(C(=O)c3ccccn3)CC2)c1F. The summed E-state index contributed by atoms with van der Waals surface area (Å²) in [5, 5.41) is 0. The molecule has 1 aliphatic heterocycles.